The summed E-state index contributed by atoms with van der Waals surface area (Å²) >= 11 is 0. The summed E-state index contributed by atoms with van der Waals surface area (Å²) in [6, 6.07) is 0. The first-order valence-electron chi connectivity index (χ1n) is 9.85. The maximum absolute atomic E-state index is 14.8. The lowest BCUT2D eigenvalue weighted by Gasteiger charge is -2.64. The van der Waals surface area contributed by atoms with Crippen molar-refractivity contribution in [1.29, 1.82) is 0 Å². The average Bonchev–Trinajstić information content (AvgIpc) is 2.64. The van der Waals surface area contributed by atoms with E-state index >= 15 is 0 Å². The van der Waals surface area contributed by atoms with E-state index in [1.165, 1.54) is 0 Å². The van der Waals surface area contributed by atoms with Gasteiger partial charge in [0.2, 0.25) is 0 Å². The molecule has 0 aromatic heterocycles. The molecule has 166 valence electrons. The SMILES string of the molecule is CC(F)(F)C(=O)OC12CC3CC(C1)C1(OCC(F)(C(F)C(F)CF)CO1)C(C3)C2. The first-order valence-corrected chi connectivity index (χ1v) is 9.85. The highest BCUT2D eigenvalue weighted by atomic mass is 19.3. The van der Waals surface area contributed by atoms with Gasteiger partial charge in [-0.25, -0.2) is 22.4 Å². The molecule has 4 aliphatic carbocycles. The topological polar surface area (TPSA) is 44.8 Å². The third-order valence-corrected chi connectivity index (χ3v) is 6.97. The number of rotatable bonds is 5. The zero-order valence-electron chi connectivity index (χ0n) is 15.9. The van der Waals surface area contributed by atoms with Gasteiger partial charge in [0.25, 0.3) is 0 Å². The molecule has 1 aliphatic heterocycles. The summed E-state index contributed by atoms with van der Waals surface area (Å²) in [6.45, 7) is -2.74. The number of esters is 1. The van der Waals surface area contributed by atoms with Gasteiger partial charge in [0.15, 0.2) is 23.8 Å². The Hall–Kier alpha value is -1.03. The van der Waals surface area contributed by atoms with Gasteiger partial charge in [-0.15, -0.1) is 0 Å². The van der Waals surface area contributed by atoms with Gasteiger partial charge in [0.05, 0.1) is 13.2 Å². The summed E-state index contributed by atoms with van der Waals surface area (Å²) in [5.74, 6) is -7.02. The van der Waals surface area contributed by atoms with E-state index in [1.54, 1.807) is 0 Å². The minimum Gasteiger partial charge on any atom is -0.455 e. The summed E-state index contributed by atoms with van der Waals surface area (Å²) in [5.41, 5.74) is -3.85. The van der Waals surface area contributed by atoms with Gasteiger partial charge in [-0.05, 0) is 38.0 Å². The molecule has 4 bridgehead atoms. The molecule has 0 radical (unpaired) electrons. The second-order valence-electron chi connectivity index (χ2n) is 9.21. The van der Waals surface area contributed by atoms with Crippen LogP contribution >= 0.6 is 0 Å². The second kappa shape index (κ2) is 6.73. The minimum atomic E-state index is -3.61. The Labute approximate surface area is 164 Å². The van der Waals surface area contributed by atoms with Gasteiger partial charge in [-0.1, -0.05) is 0 Å². The molecular weight excluding hydrogens is 406 g/mol. The van der Waals surface area contributed by atoms with Gasteiger partial charge in [-0.3, -0.25) is 0 Å². The Morgan fingerprint density at radius 3 is 2.17 bits per heavy atom. The molecule has 0 amide bonds. The fraction of sp³-hybridized carbons (Fsp3) is 0.947. The molecule has 29 heavy (non-hydrogen) atoms. The average molecular weight is 430 g/mol. The van der Waals surface area contributed by atoms with Crippen molar-refractivity contribution in [1.82, 2.24) is 0 Å². The van der Waals surface area contributed by atoms with E-state index < -0.39 is 61.2 Å². The van der Waals surface area contributed by atoms with Crippen molar-refractivity contribution in [2.24, 2.45) is 17.8 Å². The van der Waals surface area contributed by atoms with Crippen LogP contribution in [0.2, 0.25) is 0 Å². The highest BCUT2D eigenvalue weighted by molar-refractivity contribution is 5.77. The molecule has 4 atom stereocenters. The summed E-state index contributed by atoms with van der Waals surface area (Å²) in [6.07, 6.45) is -3.19. The lowest BCUT2D eigenvalue weighted by Crippen LogP contribution is -2.70. The van der Waals surface area contributed by atoms with Crippen LogP contribution in [-0.2, 0) is 19.0 Å². The van der Waals surface area contributed by atoms with Crippen LogP contribution in [0.25, 0.3) is 0 Å². The molecule has 1 saturated heterocycles. The normalized spacial score (nSPS) is 46.0. The van der Waals surface area contributed by atoms with Gasteiger partial charge >= 0.3 is 11.9 Å². The number of carbonyl (C=O) groups is 1. The van der Waals surface area contributed by atoms with Crippen LogP contribution in [0.4, 0.5) is 26.3 Å². The molecule has 10 heteroatoms. The molecule has 4 nitrogen and oxygen atoms in total. The summed E-state index contributed by atoms with van der Waals surface area (Å²) < 4.78 is 97.9. The van der Waals surface area contributed by atoms with Crippen molar-refractivity contribution in [2.45, 2.75) is 74.4 Å². The molecule has 5 rings (SSSR count). The maximum atomic E-state index is 14.8. The van der Waals surface area contributed by atoms with Crippen LogP contribution < -0.4 is 0 Å². The monoisotopic (exact) mass is 430 g/mol. The van der Waals surface area contributed by atoms with Gasteiger partial charge < -0.3 is 14.2 Å². The van der Waals surface area contributed by atoms with Crippen molar-refractivity contribution in [3.63, 3.8) is 0 Å². The quantitative estimate of drug-likeness (QED) is 0.491. The predicted octanol–water partition coefficient (Wildman–Crippen LogP) is 3.86. The molecule has 0 aromatic carbocycles. The van der Waals surface area contributed by atoms with E-state index in [0.717, 1.165) is 0 Å². The smallest absolute Gasteiger partial charge is 0.377 e. The van der Waals surface area contributed by atoms with E-state index in [1.807, 2.05) is 0 Å². The molecule has 5 aliphatic rings. The third-order valence-electron chi connectivity index (χ3n) is 6.97. The number of hydrogen-bond acceptors (Lipinski definition) is 4. The number of ether oxygens (including phenoxy) is 3. The third kappa shape index (κ3) is 3.34. The Morgan fingerprint density at radius 1 is 1.14 bits per heavy atom. The van der Waals surface area contributed by atoms with Crippen molar-refractivity contribution in [3.8, 4) is 0 Å². The molecular formula is C19H24F6O4. The largest absolute Gasteiger partial charge is 0.455 e. The Morgan fingerprint density at radius 2 is 1.69 bits per heavy atom. The lowest BCUT2D eigenvalue weighted by molar-refractivity contribution is -0.397. The van der Waals surface area contributed by atoms with Gasteiger partial charge in [0.1, 0.15) is 12.3 Å². The van der Waals surface area contributed by atoms with Crippen LogP contribution in [0.5, 0.6) is 0 Å². The van der Waals surface area contributed by atoms with Gasteiger partial charge in [-0.2, -0.15) is 8.78 Å². The van der Waals surface area contributed by atoms with Crippen LogP contribution in [0.3, 0.4) is 0 Å². The minimum absolute atomic E-state index is 0.122. The molecule has 1 spiro atoms. The van der Waals surface area contributed by atoms with Crippen LogP contribution in [0.15, 0.2) is 0 Å². The zero-order chi connectivity index (χ0) is 21.2. The van der Waals surface area contributed by atoms with Crippen molar-refractivity contribution < 1.29 is 45.3 Å². The molecule has 0 N–H and O–H groups in total. The molecule has 4 unspecified atom stereocenters. The second-order valence-corrected chi connectivity index (χ2v) is 9.21. The van der Waals surface area contributed by atoms with E-state index in [-0.39, 0.29) is 30.6 Å². The summed E-state index contributed by atoms with van der Waals surface area (Å²) in [5, 5.41) is 0. The van der Waals surface area contributed by atoms with Crippen LogP contribution in [0, 0.1) is 17.8 Å². The zero-order valence-corrected chi connectivity index (χ0v) is 15.9. The predicted molar refractivity (Wildman–Crippen MR) is 87.2 cm³/mol. The van der Waals surface area contributed by atoms with E-state index in [2.05, 4.69) is 0 Å². The van der Waals surface area contributed by atoms with Crippen molar-refractivity contribution in [3.05, 3.63) is 0 Å². The molecule has 0 aromatic rings. The molecule has 4 saturated carbocycles. The highest BCUT2D eigenvalue weighted by Gasteiger charge is 2.68. The number of hydrogen-bond donors (Lipinski definition) is 0. The van der Waals surface area contributed by atoms with E-state index in [0.29, 0.717) is 26.2 Å². The highest BCUT2D eigenvalue weighted by Crippen LogP contribution is 2.63. The fourth-order valence-electron chi connectivity index (χ4n) is 5.85. The molecule has 1 heterocycles. The fourth-order valence-corrected chi connectivity index (χ4v) is 5.85. The van der Waals surface area contributed by atoms with Crippen LogP contribution in [0.1, 0.15) is 39.0 Å². The Kier molecular flexibility index (Phi) is 4.93. The van der Waals surface area contributed by atoms with E-state index in [4.69, 9.17) is 14.2 Å². The number of halogens is 6. The van der Waals surface area contributed by atoms with Gasteiger partial charge in [0, 0.05) is 18.8 Å². The van der Waals surface area contributed by atoms with Crippen LogP contribution in [-0.4, -0.2) is 61.2 Å². The number of carbonyl (C=O) groups excluding carboxylic acids is 1. The van der Waals surface area contributed by atoms with Crippen molar-refractivity contribution >= 4 is 5.97 Å². The molecule has 5 fully saturated rings. The Balaban J connectivity index is 1.50. The first kappa shape index (κ1) is 21.2. The maximum Gasteiger partial charge on any atom is 0.377 e. The summed E-state index contributed by atoms with van der Waals surface area (Å²) in [7, 11) is 0. The lowest BCUT2D eigenvalue weighted by atomic mass is 9.51. The van der Waals surface area contributed by atoms with E-state index in [9.17, 15) is 31.1 Å². The first-order chi connectivity index (χ1) is 13.4. The number of alkyl halides is 6. The Bertz CT molecular complexity index is 642. The standard InChI is InChI=1S/C19H24F6O4/c1-16(23,24)15(26)29-17-4-10-2-11(5-17)19(12(3-10)6-17)27-8-18(25,9-28-19)14(22)13(21)7-20/h10-14H,2-9H2,1H3. The summed E-state index contributed by atoms with van der Waals surface area (Å²) in [4.78, 5) is 11.8. The van der Waals surface area contributed by atoms with Crippen molar-refractivity contribution in [2.75, 3.05) is 19.9 Å².